The number of hydrogen-bond acceptors (Lipinski definition) is 11. The van der Waals surface area contributed by atoms with Gasteiger partial charge >= 0.3 is 17.9 Å². The molecule has 0 bridgehead atoms. The highest BCUT2D eigenvalue weighted by Gasteiger charge is 2.21. The fourth-order valence-corrected chi connectivity index (χ4v) is 6.73. The molecule has 18 nitrogen and oxygen atoms in total. The van der Waals surface area contributed by atoms with Crippen molar-refractivity contribution < 1.29 is 53.7 Å². The molecular weight excluding hydrogens is 884 g/mol. The van der Waals surface area contributed by atoms with Crippen molar-refractivity contribution in [1.29, 1.82) is 0 Å². The molecule has 398 valence electrons. The molecule has 0 aromatic carbocycles. The number of nitrogens with one attached hydrogen (secondary N) is 6. The lowest BCUT2D eigenvalue weighted by Crippen LogP contribution is -2.43. The summed E-state index contributed by atoms with van der Waals surface area (Å²) in [5.41, 5.74) is 5.79. The summed E-state index contributed by atoms with van der Waals surface area (Å²) in [4.78, 5) is 92.4. The number of nitrogens with two attached hydrogens (primary N) is 1. The van der Waals surface area contributed by atoms with Gasteiger partial charge in [-0.25, -0.2) is 4.79 Å². The van der Waals surface area contributed by atoms with Gasteiger partial charge < -0.3 is 57.7 Å². The molecule has 0 aromatic heterocycles. The lowest BCUT2D eigenvalue weighted by Gasteiger charge is -2.17. The van der Waals surface area contributed by atoms with Gasteiger partial charge in [0.05, 0.1) is 23.8 Å². The van der Waals surface area contributed by atoms with Crippen LogP contribution in [0.3, 0.4) is 0 Å². The van der Waals surface area contributed by atoms with Gasteiger partial charge in [-0.2, -0.15) is 0 Å². The molecule has 0 fully saturated rings. The van der Waals surface area contributed by atoms with E-state index in [2.05, 4.69) is 39.7 Å². The first-order valence-electron chi connectivity index (χ1n) is 26.1. The molecule has 11 N–H and O–H groups in total. The Bertz CT molecular complexity index is 1340. The van der Waals surface area contributed by atoms with Crippen molar-refractivity contribution in [2.45, 2.75) is 239 Å². The number of unbranched alkanes of at least 4 members (excludes halogenated alkanes) is 16. The standard InChI is InChI=1S/C42H78BN7O10.C3H5BO.2C2H6/c1-45-33(40(56)48-31-21-18-24-35(50-43)42(59)60)23-17-20-30-47-39(55)32(44)22-16-19-29-46-36(51)28-27-34(41(57)58)49-37(52)25-14-12-10-8-6-4-2-3-5-7-9-11-13-15-26-38(53)54;1-2-3(4)5;2*1-2/h32-35,45,50H,2-31,44H2,1H3,(H,46,51)(H,47,55)(H,48,56)(H,49,52)(H,53,54)(H,57,58)(H,59,60);2H2,1H3;2*1-2H3/t32-,33?,34?,35?;;;/m0.../s1. The topological polar surface area (TPSA) is 295 Å². The first-order chi connectivity index (χ1) is 33.1. The molecule has 0 saturated carbocycles. The van der Waals surface area contributed by atoms with Crippen molar-refractivity contribution in [1.82, 2.24) is 31.8 Å². The highest BCUT2D eigenvalue weighted by molar-refractivity contribution is 6.57. The molecule has 4 amide bonds. The van der Waals surface area contributed by atoms with Crippen LogP contribution in [0, 0.1) is 0 Å². The van der Waals surface area contributed by atoms with Crippen molar-refractivity contribution in [3.8, 4) is 0 Å². The Hall–Kier alpha value is -4.03. The molecule has 0 aliphatic heterocycles. The zero-order valence-corrected chi connectivity index (χ0v) is 43.6. The number of aliphatic carboxylic acids is 3. The summed E-state index contributed by atoms with van der Waals surface area (Å²) in [6.45, 7) is 10.9. The summed E-state index contributed by atoms with van der Waals surface area (Å²) >= 11 is 0. The Labute approximate surface area is 418 Å². The molecule has 69 heavy (non-hydrogen) atoms. The van der Waals surface area contributed by atoms with Crippen LogP contribution in [0.25, 0.3) is 0 Å². The highest BCUT2D eigenvalue weighted by atomic mass is 16.4. The molecule has 20 heteroatoms. The van der Waals surface area contributed by atoms with Crippen LogP contribution in [0.4, 0.5) is 0 Å². The number of carbonyl (C=O) groups is 8. The van der Waals surface area contributed by atoms with Crippen LogP contribution in [0.2, 0.25) is 0 Å². The van der Waals surface area contributed by atoms with E-state index >= 15 is 0 Å². The first-order valence-corrected chi connectivity index (χ1v) is 26.1. The maximum absolute atomic E-state index is 12.5. The predicted octanol–water partition coefficient (Wildman–Crippen LogP) is 5.71. The second-order valence-electron chi connectivity index (χ2n) is 16.6. The van der Waals surface area contributed by atoms with Crippen LogP contribution < -0.4 is 37.5 Å². The molecule has 4 atom stereocenters. The fourth-order valence-electron chi connectivity index (χ4n) is 6.73. The van der Waals surface area contributed by atoms with Crippen LogP contribution >= 0.6 is 0 Å². The molecule has 0 saturated heterocycles. The summed E-state index contributed by atoms with van der Waals surface area (Å²) in [5, 5.41) is 43.4. The zero-order chi connectivity index (χ0) is 53.1. The molecule has 0 aliphatic rings. The Balaban J connectivity index is -0.00000216. The predicted molar refractivity (Wildman–Crippen MR) is 276 cm³/mol. The fraction of sp³-hybridized carbons (Fsp3) is 0.837. The summed E-state index contributed by atoms with van der Waals surface area (Å²) in [5.74, 6) is -3.96. The van der Waals surface area contributed by atoms with Gasteiger partial charge in [0.15, 0.2) is 15.8 Å². The lowest BCUT2D eigenvalue weighted by atomic mass is 10.0. The molecule has 0 spiro atoms. The van der Waals surface area contributed by atoms with Gasteiger partial charge in [0.25, 0.3) is 0 Å². The van der Waals surface area contributed by atoms with Gasteiger partial charge in [0, 0.05) is 38.9 Å². The van der Waals surface area contributed by atoms with Crippen LogP contribution in [-0.2, 0) is 38.4 Å². The number of likely N-dealkylation sites (N-methyl/N-ethyl adjacent to an activating group) is 1. The number of hydrogen-bond donors (Lipinski definition) is 10. The van der Waals surface area contributed by atoms with Gasteiger partial charge in [-0.3, -0.25) is 28.8 Å². The van der Waals surface area contributed by atoms with Gasteiger partial charge in [-0.15, -0.1) is 0 Å². The second-order valence-corrected chi connectivity index (χ2v) is 16.6. The van der Waals surface area contributed by atoms with Crippen molar-refractivity contribution in [3.05, 3.63) is 0 Å². The minimum atomic E-state index is -1.18. The molecule has 3 unspecified atom stereocenters. The van der Waals surface area contributed by atoms with Crippen molar-refractivity contribution in [2.75, 3.05) is 26.7 Å². The SMILES string of the molecule is CC.CC.[B]C(=O)CC.[B]NC(CCCCNC(=O)C(CCCCNC(=O)[C@@H](N)CCCCNC(=O)CCC(NC(=O)CCCCCCCCCCCCCCCCC(=O)O)C(=O)O)NC)C(=O)O. The number of carbonyl (C=O) groups excluding carboxylic acids is 5. The van der Waals surface area contributed by atoms with Crippen molar-refractivity contribution in [2.24, 2.45) is 5.73 Å². The molecule has 4 radical (unpaired) electrons. The zero-order valence-electron chi connectivity index (χ0n) is 43.6. The van der Waals surface area contributed by atoms with Crippen molar-refractivity contribution in [3.63, 3.8) is 0 Å². The number of amides is 4. The molecule has 0 aliphatic carbocycles. The first kappa shape index (κ1) is 71.5. The molecule has 0 aromatic rings. The summed E-state index contributed by atoms with van der Waals surface area (Å²) in [7, 11) is 11.6. The van der Waals surface area contributed by atoms with E-state index in [1.807, 2.05) is 27.7 Å². The highest BCUT2D eigenvalue weighted by Crippen LogP contribution is 2.14. The van der Waals surface area contributed by atoms with Gasteiger partial charge in [0.2, 0.25) is 23.6 Å². The van der Waals surface area contributed by atoms with Gasteiger partial charge in [-0.05, 0) is 90.5 Å². The van der Waals surface area contributed by atoms with E-state index < -0.39 is 36.0 Å². The summed E-state index contributed by atoms with van der Waals surface area (Å²) < 4.78 is 0. The van der Waals surface area contributed by atoms with Crippen LogP contribution in [-0.4, -0.2) is 129 Å². The van der Waals surface area contributed by atoms with E-state index in [9.17, 15) is 43.5 Å². The van der Waals surface area contributed by atoms with Gasteiger partial charge in [-0.1, -0.05) is 112 Å². The third-order valence-electron chi connectivity index (χ3n) is 10.9. The number of carboxylic acid groups (broad SMARTS) is 3. The number of carboxylic acids is 3. The van der Waals surface area contributed by atoms with Crippen LogP contribution in [0.1, 0.15) is 214 Å². The third-order valence-corrected chi connectivity index (χ3v) is 10.9. The molecule has 0 rings (SSSR count). The quantitative estimate of drug-likeness (QED) is 0.0259. The van der Waals surface area contributed by atoms with Crippen molar-refractivity contribution >= 4 is 63.0 Å². The van der Waals surface area contributed by atoms with E-state index in [0.29, 0.717) is 90.3 Å². The Kier molecular flexibility index (Phi) is 55.3. The minimum absolute atomic E-state index is 0.0142. The van der Waals surface area contributed by atoms with E-state index in [1.54, 1.807) is 14.0 Å². The maximum atomic E-state index is 12.5. The number of rotatable bonds is 43. The molecule has 0 heterocycles. The molecular formula is C49H95B2N7O11. The summed E-state index contributed by atoms with van der Waals surface area (Å²) in [6, 6.07) is -3.04. The monoisotopic (exact) mass is 980 g/mol. The lowest BCUT2D eigenvalue weighted by molar-refractivity contribution is -0.142. The van der Waals surface area contributed by atoms with Gasteiger partial charge in [0.1, 0.15) is 6.04 Å². The Morgan fingerprint density at radius 2 is 0.870 bits per heavy atom. The second kappa shape index (κ2) is 53.3. The smallest absolute Gasteiger partial charge is 0.326 e. The van der Waals surface area contributed by atoms with E-state index in [0.717, 1.165) is 38.5 Å². The Morgan fingerprint density at radius 1 is 0.478 bits per heavy atom. The van der Waals surface area contributed by atoms with E-state index in [-0.39, 0.29) is 61.0 Å². The maximum Gasteiger partial charge on any atom is 0.326 e. The van der Waals surface area contributed by atoms with E-state index in [4.69, 9.17) is 23.9 Å². The minimum Gasteiger partial charge on any atom is -0.481 e. The van der Waals surface area contributed by atoms with E-state index in [1.165, 1.54) is 44.9 Å². The Morgan fingerprint density at radius 3 is 1.28 bits per heavy atom. The third kappa shape index (κ3) is 50.2. The van der Waals surface area contributed by atoms with Crippen LogP contribution in [0.5, 0.6) is 0 Å². The normalized spacial score (nSPS) is 12.1. The average Bonchev–Trinajstić information content (AvgIpc) is 3.33. The average molecular weight is 980 g/mol. The summed E-state index contributed by atoms with van der Waals surface area (Å²) in [6.07, 6.45) is 21.1. The van der Waals surface area contributed by atoms with Crippen LogP contribution in [0.15, 0.2) is 0 Å². The largest absolute Gasteiger partial charge is 0.481 e.